The standard InChI is InChI=1S/C17H20F4N2S2/c1-10-6-13(18)14(7-15(10)25-9-17(19,20)21)23-16(11-2-3-11)22-12-4-5-24-8-12/h6-7,11-12H,2-5,8-9H2,1H3,(H,22,23). The number of rotatable bonds is 5. The van der Waals surface area contributed by atoms with Gasteiger partial charge in [0.05, 0.1) is 17.5 Å². The molecule has 0 spiro atoms. The number of aryl methyl sites for hydroxylation is 1. The van der Waals surface area contributed by atoms with Crippen molar-refractivity contribution in [1.29, 1.82) is 0 Å². The summed E-state index contributed by atoms with van der Waals surface area (Å²) in [5.74, 6) is 1.72. The highest BCUT2D eigenvalue weighted by Crippen LogP contribution is 2.35. The molecule has 3 rings (SSSR count). The molecule has 1 aromatic rings. The smallest absolute Gasteiger partial charge is 0.341 e. The number of amidine groups is 1. The maximum Gasteiger partial charge on any atom is 0.398 e. The first-order valence-corrected chi connectivity index (χ1v) is 10.4. The first-order chi connectivity index (χ1) is 11.8. The molecule has 1 aliphatic carbocycles. The number of hydrogen-bond donors (Lipinski definition) is 1. The Balaban J connectivity index is 1.77. The molecule has 0 amide bonds. The number of anilines is 1. The molecular weight excluding hydrogens is 372 g/mol. The van der Waals surface area contributed by atoms with Gasteiger partial charge in [-0.3, -0.25) is 4.99 Å². The van der Waals surface area contributed by atoms with Crippen LogP contribution in [0.4, 0.5) is 23.2 Å². The molecule has 1 saturated carbocycles. The van der Waals surface area contributed by atoms with Crippen LogP contribution in [0.1, 0.15) is 24.8 Å². The zero-order valence-corrected chi connectivity index (χ0v) is 15.5. The molecule has 138 valence electrons. The number of alkyl halides is 3. The lowest BCUT2D eigenvalue weighted by molar-refractivity contribution is -0.105. The molecule has 2 aliphatic rings. The number of nitrogens with one attached hydrogen (secondary N) is 1. The van der Waals surface area contributed by atoms with Crippen LogP contribution in [0.3, 0.4) is 0 Å². The number of nitrogens with zero attached hydrogens (tertiary/aromatic N) is 1. The zero-order valence-electron chi connectivity index (χ0n) is 13.8. The van der Waals surface area contributed by atoms with Gasteiger partial charge < -0.3 is 5.32 Å². The van der Waals surface area contributed by atoms with Crippen molar-refractivity contribution in [1.82, 2.24) is 0 Å². The summed E-state index contributed by atoms with van der Waals surface area (Å²) in [6.07, 6.45) is -1.19. The van der Waals surface area contributed by atoms with E-state index in [1.54, 1.807) is 6.92 Å². The van der Waals surface area contributed by atoms with Crippen molar-refractivity contribution >= 4 is 35.0 Å². The van der Waals surface area contributed by atoms with Gasteiger partial charge in [-0.2, -0.15) is 24.9 Å². The molecule has 1 atom stereocenters. The Bertz CT molecular complexity index is 651. The minimum absolute atomic E-state index is 0.214. The molecule has 1 saturated heterocycles. The van der Waals surface area contributed by atoms with Crippen LogP contribution in [-0.2, 0) is 0 Å². The molecule has 2 fully saturated rings. The van der Waals surface area contributed by atoms with Crippen LogP contribution in [0, 0.1) is 18.7 Å². The lowest BCUT2D eigenvalue weighted by Crippen LogP contribution is -2.19. The largest absolute Gasteiger partial charge is 0.398 e. The van der Waals surface area contributed by atoms with Gasteiger partial charge >= 0.3 is 6.18 Å². The molecular formula is C17H20F4N2S2. The average molecular weight is 392 g/mol. The van der Waals surface area contributed by atoms with E-state index in [0.717, 1.165) is 36.6 Å². The summed E-state index contributed by atoms with van der Waals surface area (Å²) < 4.78 is 51.7. The third kappa shape index (κ3) is 5.54. The quantitative estimate of drug-likeness (QED) is 0.309. The normalized spacial score (nSPS) is 21.6. The Kier molecular flexibility index (Phi) is 5.88. The highest BCUT2D eigenvalue weighted by atomic mass is 32.2. The third-order valence-electron chi connectivity index (χ3n) is 4.11. The molecule has 1 N–H and O–H groups in total. The van der Waals surface area contributed by atoms with Gasteiger partial charge in [-0.05, 0) is 49.6 Å². The summed E-state index contributed by atoms with van der Waals surface area (Å²) in [4.78, 5) is 5.18. The first kappa shape index (κ1) is 18.9. The van der Waals surface area contributed by atoms with Gasteiger partial charge in [0.15, 0.2) is 0 Å². The Labute approximate surface area is 153 Å². The second-order valence-electron chi connectivity index (χ2n) is 6.43. The van der Waals surface area contributed by atoms with Crippen LogP contribution in [-0.4, -0.2) is 35.3 Å². The average Bonchev–Trinajstić information content (AvgIpc) is 3.24. The minimum Gasteiger partial charge on any atom is -0.341 e. The van der Waals surface area contributed by atoms with Crippen LogP contribution in [0.25, 0.3) is 0 Å². The second kappa shape index (κ2) is 7.78. The lowest BCUT2D eigenvalue weighted by Gasteiger charge is -2.15. The van der Waals surface area contributed by atoms with Gasteiger partial charge in [-0.15, -0.1) is 11.8 Å². The van der Waals surface area contributed by atoms with E-state index < -0.39 is 17.7 Å². The maximum atomic E-state index is 14.3. The number of halogens is 4. The topological polar surface area (TPSA) is 24.4 Å². The van der Waals surface area contributed by atoms with Gasteiger partial charge in [0.2, 0.25) is 0 Å². The van der Waals surface area contributed by atoms with E-state index in [1.165, 1.54) is 12.1 Å². The predicted molar refractivity (Wildman–Crippen MR) is 97.4 cm³/mol. The summed E-state index contributed by atoms with van der Waals surface area (Å²) >= 11 is 2.55. The zero-order chi connectivity index (χ0) is 18.0. The predicted octanol–water partition coefficient (Wildman–Crippen LogP) is 5.51. The van der Waals surface area contributed by atoms with Crippen molar-refractivity contribution in [2.24, 2.45) is 10.9 Å². The summed E-state index contributed by atoms with van der Waals surface area (Å²) in [5, 5.41) is 3.07. The number of aliphatic imine (C=N–C) groups is 1. The fourth-order valence-corrected chi connectivity index (χ4v) is 4.54. The van der Waals surface area contributed by atoms with Gasteiger partial charge in [0.1, 0.15) is 11.7 Å². The summed E-state index contributed by atoms with van der Waals surface area (Å²) in [7, 11) is 0. The van der Waals surface area contributed by atoms with Crippen LogP contribution < -0.4 is 5.32 Å². The summed E-state index contributed by atoms with van der Waals surface area (Å²) in [6, 6.07) is 3.01. The van der Waals surface area contributed by atoms with E-state index >= 15 is 0 Å². The number of benzene rings is 1. The van der Waals surface area contributed by atoms with E-state index in [4.69, 9.17) is 4.99 Å². The van der Waals surface area contributed by atoms with Crippen molar-refractivity contribution in [2.45, 2.75) is 43.3 Å². The van der Waals surface area contributed by atoms with Crippen molar-refractivity contribution in [2.75, 3.05) is 22.6 Å². The maximum absolute atomic E-state index is 14.3. The Hall–Kier alpha value is -0.890. The molecule has 8 heteroatoms. The van der Waals surface area contributed by atoms with Crippen molar-refractivity contribution in [3.63, 3.8) is 0 Å². The van der Waals surface area contributed by atoms with Crippen LogP contribution >= 0.6 is 23.5 Å². The van der Waals surface area contributed by atoms with Gasteiger partial charge in [-0.25, -0.2) is 4.39 Å². The minimum atomic E-state index is -4.25. The second-order valence-corrected chi connectivity index (χ2v) is 8.60. The van der Waals surface area contributed by atoms with E-state index in [-0.39, 0.29) is 11.7 Å². The molecule has 25 heavy (non-hydrogen) atoms. The van der Waals surface area contributed by atoms with Gasteiger partial charge in [0, 0.05) is 16.6 Å². The Morgan fingerprint density at radius 3 is 2.68 bits per heavy atom. The highest BCUT2D eigenvalue weighted by molar-refractivity contribution is 7.99. The molecule has 0 bridgehead atoms. The van der Waals surface area contributed by atoms with E-state index in [2.05, 4.69) is 5.32 Å². The van der Waals surface area contributed by atoms with E-state index in [1.807, 2.05) is 11.8 Å². The Morgan fingerprint density at radius 2 is 2.08 bits per heavy atom. The molecule has 1 aliphatic heterocycles. The van der Waals surface area contributed by atoms with Crippen LogP contribution in [0.15, 0.2) is 22.0 Å². The molecule has 1 unspecified atom stereocenters. The first-order valence-electron chi connectivity index (χ1n) is 8.24. The van der Waals surface area contributed by atoms with E-state index in [0.29, 0.717) is 28.1 Å². The van der Waals surface area contributed by atoms with Gasteiger partial charge in [0.25, 0.3) is 0 Å². The van der Waals surface area contributed by atoms with Crippen molar-refractivity contribution in [3.05, 3.63) is 23.5 Å². The third-order valence-corrected chi connectivity index (χ3v) is 6.48. The Morgan fingerprint density at radius 1 is 1.32 bits per heavy atom. The summed E-state index contributed by atoms with van der Waals surface area (Å²) in [6.45, 7) is 1.62. The molecule has 1 aromatic carbocycles. The van der Waals surface area contributed by atoms with Gasteiger partial charge in [-0.1, -0.05) is 0 Å². The van der Waals surface area contributed by atoms with Crippen molar-refractivity contribution in [3.8, 4) is 0 Å². The fraction of sp³-hybridized carbons (Fsp3) is 0.588. The lowest BCUT2D eigenvalue weighted by atomic mass is 10.2. The molecule has 2 nitrogen and oxygen atoms in total. The summed E-state index contributed by atoms with van der Waals surface area (Å²) in [5.41, 5.74) is 0.723. The fourth-order valence-electron chi connectivity index (χ4n) is 2.62. The van der Waals surface area contributed by atoms with Crippen molar-refractivity contribution < 1.29 is 17.6 Å². The number of thioether (sulfide) groups is 2. The SMILES string of the molecule is Cc1cc(F)c(NC(=NC2CCSC2)C2CC2)cc1SCC(F)(F)F. The van der Waals surface area contributed by atoms with Crippen LogP contribution in [0.2, 0.25) is 0 Å². The molecule has 0 aromatic heterocycles. The number of hydrogen-bond acceptors (Lipinski definition) is 3. The molecule has 1 heterocycles. The van der Waals surface area contributed by atoms with E-state index in [9.17, 15) is 17.6 Å². The van der Waals surface area contributed by atoms with Crippen LogP contribution in [0.5, 0.6) is 0 Å². The highest BCUT2D eigenvalue weighted by Gasteiger charge is 2.30. The monoisotopic (exact) mass is 392 g/mol. The molecule has 0 radical (unpaired) electrons.